The van der Waals surface area contributed by atoms with E-state index in [2.05, 4.69) is 28.9 Å². The Hall–Kier alpha value is -1.75. The molecule has 1 saturated carbocycles. The summed E-state index contributed by atoms with van der Waals surface area (Å²) >= 11 is 5.42. The van der Waals surface area contributed by atoms with Crippen LogP contribution in [0.1, 0.15) is 18.4 Å². The minimum absolute atomic E-state index is 0.506. The summed E-state index contributed by atoms with van der Waals surface area (Å²) in [4.78, 5) is 0. The number of nitrogens with one attached hydrogen (secondary N) is 2. The smallest absolute Gasteiger partial charge is 0.166 e. The topological polar surface area (TPSA) is 42.5 Å². The number of methoxy groups -OCH3 is 2. The van der Waals surface area contributed by atoms with Crippen molar-refractivity contribution in [3.8, 4) is 11.5 Å². The number of hydrogen-bond donors (Lipinski definition) is 2. The van der Waals surface area contributed by atoms with Gasteiger partial charge in [-0.1, -0.05) is 18.2 Å². The molecule has 0 radical (unpaired) electrons. The molecule has 1 aromatic rings. The first-order chi connectivity index (χ1) is 11.2. The largest absolute Gasteiger partial charge is 0.493 e. The molecule has 1 aromatic carbocycles. The predicted octanol–water partition coefficient (Wildman–Crippen LogP) is 2.68. The Morgan fingerprint density at radius 1 is 1.17 bits per heavy atom. The highest BCUT2D eigenvalue weighted by molar-refractivity contribution is 7.80. The molecule has 0 spiro atoms. The first kappa shape index (κ1) is 16.1. The Balaban J connectivity index is 1.44. The normalized spacial score (nSPS) is 24.5. The Kier molecular flexibility index (Phi) is 5.06. The number of ether oxygens (including phenoxy) is 2. The summed E-state index contributed by atoms with van der Waals surface area (Å²) in [5.41, 5.74) is 1.20. The monoisotopic (exact) mass is 332 g/mol. The molecule has 0 amide bonds. The Morgan fingerprint density at radius 2 is 2.00 bits per heavy atom. The quantitative estimate of drug-likeness (QED) is 0.619. The van der Waals surface area contributed by atoms with Crippen LogP contribution in [-0.4, -0.2) is 31.9 Å². The summed E-state index contributed by atoms with van der Waals surface area (Å²) in [6.45, 7) is 0.804. The fourth-order valence-electron chi connectivity index (χ4n) is 3.52. The van der Waals surface area contributed by atoms with Gasteiger partial charge in [0.25, 0.3) is 0 Å². The summed E-state index contributed by atoms with van der Waals surface area (Å²) in [7, 11) is 3.30. The van der Waals surface area contributed by atoms with Crippen molar-refractivity contribution in [3.05, 3.63) is 35.9 Å². The van der Waals surface area contributed by atoms with Crippen molar-refractivity contribution in [1.29, 1.82) is 0 Å². The van der Waals surface area contributed by atoms with E-state index < -0.39 is 0 Å². The van der Waals surface area contributed by atoms with Crippen molar-refractivity contribution in [2.24, 2.45) is 11.8 Å². The molecular weight excluding hydrogens is 308 g/mol. The third-order valence-electron chi connectivity index (χ3n) is 4.74. The van der Waals surface area contributed by atoms with Crippen LogP contribution in [0.15, 0.2) is 30.4 Å². The van der Waals surface area contributed by atoms with Crippen molar-refractivity contribution in [1.82, 2.24) is 10.6 Å². The van der Waals surface area contributed by atoms with Gasteiger partial charge >= 0.3 is 0 Å². The van der Waals surface area contributed by atoms with E-state index in [-0.39, 0.29) is 0 Å². The van der Waals surface area contributed by atoms with Crippen LogP contribution in [0, 0.1) is 11.8 Å². The minimum Gasteiger partial charge on any atom is -0.493 e. The van der Waals surface area contributed by atoms with E-state index >= 15 is 0 Å². The van der Waals surface area contributed by atoms with Gasteiger partial charge < -0.3 is 20.1 Å². The van der Waals surface area contributed by atoms with Gasteiger partial charge in [-0.05, 0) is 61.0 Å². The molecule has 2 aliphatic rings. The predicted molar refractivity (Wildman–Crippen MR) is 96.1 cm³/mol. The summed E-state index contributed by atoms with van der Waals surface area (Å²) < 4.78 is 10.6. The SMILES string of the molecule is COc1ccc(CCNC(=S)N[C@H]2C[C@@H]3C=C[C@@H]2C3)cc1OC. The molecule has 0 aromatic heterocycles. The van der Waals surface area contributed by atoms with E-state index in [4.69, 9.17) is 21.7 Å². The summed E-state index contributed by atoms with van der Waals surface area (Å²) in [6.07, 6.45) is 8.05. The average Bonchev–Trinajstić information content (AvgIpc) is 3.17. The molecule has 4 nitrogen and oxygen atoms in total. The molecule has 2 bridgehead atoms. The summed E-state index contributed by atoms with van der Waals surface area (Å²) in [6, 6.07) is 6.51. The number of allylic oxidation sites excluding steroid dienone is 1. The fourth-order valence-corrected chi connectivity index (χ4v) is 3.78. The van der Waals surface area contributed by atoms with Crippen molar-refractivity contribution in [2.75, 3.05) is 20.8 Å². The van der Waals surface area contributed by atoms with Crippen molar-refractivity contribution in [3.63, 3.8) is 0 Å². The van der Waals surface area contributed by atoms with Gasteiger partial charge in [0.05, 0.1) is 14.2 Å². The highest BCUT2D eigenvalue weighted by Crippen LogP contribution is 2.38. The lowest BCUT2D eigenvalue weighted by molar-refractivity contribution is 0.354. The van der Waals surface area contributed by atoms with Gasteiger partial charge in [0.1, 0.15) is 0 Å². The Labute approximate surface area is 143 Å². The number of fused-ring (bicyclic) bond motifs is 2. The number of hydrogen-bond acceptors (Lipinski definition) is 3. The van der Waals surface area contributed by atoms with Gasteiger partial charge in [-0.15, -0.1) is 0 Å². The van der Waals surface area contributed by atoms with Gasteiger partial charge in [0.15, 0.2) is 16.6 Å². The number of rotatable bonds is 6. The molecule has 124 valence electrons. The standard InChI is InChI=1S/C18H24N2O2S/c1-21-16-6-4-12(11-17(16)22-2)7-8-19-18(23)20-15-10-13-3-5-14(15)9-13/h3-6,11,13-15H,7-10H2,1-2H3,(H2,19,20,23)/t13-,14-,15+/m1/s1. The van der Waals surface area contributed by atoms with Gasteiger partial charge in [-0.25, -0.2) is 0 Å². The molecule has 2 aliphatic carbocycles. The molecule has 3 rings (SSSR count). The molecule has 0 unspecified atom stereocenters. The zero-order valence-corrected chi connectivity index (χ0v) is 14.5. The molecular formula is C18H24N2O2S. The molecule has 0 aliphatic heterocycles. The lowest BCUT2D eigenvalue weighted by atomic mass is 10.0. The molecule has 1 fully saturated rings. The molecule has 5 heteroatoms. The van der Waals surface area contributed by atoms with Gasteiger partial charge in [0, 0.05) is 12.6 Å². The Bertz CT molecular complexity index is 603. The van der Waals surface area contributed by atoms with Crippen LogP contribution in [0.3, 0.4) is 0 Å². The number of thiocarbonyl (C=S) groups is 1. The second-order valence-corrected chi connectivity index (χ2v) is 6.63. The van der Waals surface area contributed by atoms with E-state index in [0.717, 1.165) is 35.5 Å². The zero-order chi connectivity index (χ0) is 16.2. The molecule has 0 saturated heterocycles. The first-order valence-corrected chi connectivity index (χ1v) is 8.54. The summed E-state index contributed by atoms with van der Waals surface area (Å²) in [5.74, 6) is 2.93. The van der Waals surface area contributed by atoms with Crippen LogP contribution in [0.4, 0.5) is 0 Å². The van der Waals surface area contributed by atoms with Gasteiger partial charge in [0.2, 0.25) is 0 Å². The van der Waals surface area contributed by atoms with Gasteiger partial charge in [-0.2, -0.15) is 0 Å². The van der Waals surface area contributed by atoms with Crippen LogP contribution in [0.2, 0.25) is 0 Å². The lowest BCUT2D eigenvalue weighted by Crippen LogP contribution is -2.44. The lowest BCUT2D eigenvalue weighted by Gasteiger charge is -2.22. The van der Waals surface area contributed by atoms with Crippen LogP contribution in [0.25, 0.3) is 0 Å². The van der Waals surface area contributed by atoms with Crippen molar-refractivity contribution >= 4 is 17.3 Å². The van der Waals surface area contributed by atoms with Gasteiger partial charge in [-0.3, -0.25) is 0 Å². The van der Waals surface area contributed by atoms with E-state index in [1.165, 1.54) is 18.4 Å². The van der Waals surface area contributed by atoms with E-state index in [0.29, 0.717) is 12.0 Å². The highest BCUT2D eigenvalue weighted by Gasteiger charge is 2.35. The highest BCUT2D eigenvalue weighted by atomic mass is 32.1. The van der Waals surface area contributed by atoms with Crippen LogP contribution in [0.5, 0.6) is 11.5 Å². The van der Waals surface area contributed by atoms with Crippen molar-refractivity contribution in [2.45, 2.75) is 25.3 Å². The number of benzene rings is 1. The third kappa shape index (κ3) is 3.78. The van der Waals surface area contributed by atoms with Crippen molar-refractivity contribution < 1.29 is 9.47 Å². The fraction of sp³-hybridized carbons (Fsp3) is 0.500. The summed E-state index contributed by atoms with van der Waals surface area (Å²) in [5, 5.41) is 7.53. The van der Waals surface area contributed by atoms with E-state index in [1.54, 1.807) is 14.2 Å². The van der Waals surface area contributed by atoms with Crippen LogP contribution >= 0.6 is 12.2 Å². The maximum atomic E-state index is 5.42. The average molecular weight is 332 g/mol. The molecule has 23 heavy (non-hydrogen) atoms. The maximum absolute atomic E-state index is 5.42. The Morgan fingerprint density at radius 3 is 2.65 bits per heavy atom. The van der Waals surface area contributed by atoms with E-state index in [9.17, 15) is 0 Å². The maximum Gasteiger partial charge on any atom is 0.166 e. The molecule has 2 N–H and O–H groups in total. The van der Waals surface area contributed by atoms with Crippen LogP contribution < -0.4 is 20.1 Å². The molecule has 3 atom stereocenters. The third-order valence-corrected chi connectivity index (χ3v) is 5.00. The van der Waals surface area contributed by atoms with E-state index in [1.807, 2.05) is 12.1 Å². The second kappa shape index (κ2) is 7.21. The minimum atomic E-state index is 0.506. The molecule has 0 heterocycles. The zero-order valence-electron chi connectivity index (χ0n) is 13.7. The first-order valence-electron chi connectivity index (χ1n) is 8.13. The van der Waals surface area contributed by atoms with Crippen LogP contribution in [-0.2, 0) is 6.42 Å². The second-order valence-electron chi connectivity index (χ2n) is 6.23.